The average molecular weight is 289 g/mol. The molecule has 0 aliphatic carbocycles. The Bertz CT molecular complexity index is 615. The Kier molecular flexibility index (Phi) is 4.70. The first-order valence-electron chi connectivity index (χ1n) is 6.34. The van der Waals surface area contributed by atoms with Crippen LogP contribution in [0.4, 0.5) is 0 Å². The third-order valence-corrected chi connectivity index (χ3v) is 3.39. The minimum absolute atomic E-state index is 0.721. The van der Waals surface area contributed by atoms with Gasteiger partial charge in [0, 0.05) is 5.02 Å². The molecule has 0 fully saturated rings. The molecule has 0 saturated heterocycles. The van der Waals surface area contributed by atoms with Gasteiger partial charge in [-0.2, -0.15) is 0 Å². The molecule has 0 spiro atoms. The fraction of sp³-hybridized carbons (Fsp3) is 0.176. The van der Waals surface area contributed by atoms with E-state index in [2.05, 4.69) is 6.08 Å². The number of ether oxygens (including phenoxy) is 2. The Morgan fingerprint density at radius 1 is 0.900 bits per heavy atom. The van der Waals surface area contributed by atoms with Crippen LogP contribution in [0.25, 0.3) is 5.57 Å². The Balaban J connectivity index is 2.45. The highest BCUT2D eigenvalue weighted by molar-refractivity contribution is 6.30. The summed E-state index contributed by atoms with van der Waals surface area (Å²) in [5, 5.41) is 0.733. The number of halogens is 1. The van der Waals surface area contributed by atoms with Crippen LogP contribution < -0.4 is 9.47 Å². The molecule has 0 saturated carbocycles. The SMILES string of the molecule is C/C=C(/c1ccc(Cl)cc1)c1ccc(OC)c(OC)c1. The number of hydrogen-bond acceptors (Lipinski definition) is 2. The maximum absolute atomic E-state index is 5.94. The van der Waals surface area contributed by atoms with Gasteiger partial charge in [-0.3, -0.25) is 0 Å². The summed E-state index contributed by atoms with van der Waals surface area (Å²) in [6.45, 7) is 2.01. The number of benzene rings is 2. The Hall–Kier alpha value is -1.93. The van der Waals surface area contributed by atoms with Crippen LogP contribution in [0.15, 0.2) is 48.5 Å². The molecule has 0 aliphatic rings. The molecule has 0 aliphatic heterocycles. The van der Waals surface area contributed by atoms with Crippen molar-refractivity contribution in [3.8, 4) is 11.5 Å². The molecule has 3 heteroatoms. The van der Waals surface area contributed by atoms with Gasteiger partial charge in [0.05, 0.1) is 14.2 Å². The fourth-order valence-corrected chi connectivity index (χ4v) is 2.26. The lowest BCUT2D eigenvalue weighted by molar-refractivity contribution is 0.355. The number of hydrogen-bond donors (Lipinski definition) is 0. The summed E-state index contributed by atoms with van der Waals surface area (Å²) in [7, 11) is 3.27. The zero-order valence-corrected chi connectivity index (χ0v) is 12.6. The molecule has 20 heavy (non-hydrogen) atoms. The van der Waals surface area contributed by atoms with Crippen LogP contribution in [0.2, 0.25) is 5.02 Å². The van der Waals surface area contributed by atoms with Gasteiger partial charge in [-0.15, -0.1) is 0 Å². The molecule has 0 amide bonds. The van der Waals surface area contributed by atoms with E-state index in [1.165, 1.54) is 0 Å². The van der Waals surface area contributed by atoms with E-state index in [1.807, 2.05) is 49.4 Å². The quantitative estimate of drug-likeness (QED) is 0.804. The predicted octanol–water partition coefficient (Wildman–Crippen LogP) is 4.81. The van der Waals surface area contributed by atoms with Crippen LogP contribution >= 0.6 is 11.6 Å². The predicted molar refractivity (Wildman–Crippen MR) is 83.8 cm³/mol. The molecule has 0 N–H and O–H groups in total. The molecule has 0 unspecified atom stereocenters. The van der Waals surface area contributed by atoms with E-state index in [9.17, 15) is 0 Å². The van der Waals surface area contributed by atoms with E-state index in [-0.39, 0.29) is 0 Å². The van der Waals surface area contributed by atoms with Crippen LogP contribution in [0.3, 0.4) is 0 Å². The third kappa shape index (κ3) is 2.97. The lowest BCUT2D eigenvalue weighted by Gasteiger charge is -2.12. The molecule has 0 atom stereocenters. The first-order valence-corrected chi connectivity index (χ1v) is 6.72. The average Bonchev–Trinajstić information content (AvgIpc) is 2.49. The lowest BCUT2D eigenvalue weighted by atomic mass is 9.97. The monoisotopic (exact) mass is 288 g/mol. The molecule has 2 nitrogen and oxygen atoms in total. The van der Waals surface area contributed by atoms with Crippen molar-refractivity contribution in [3.05, 3.63) is 64.7 Å². The highest BCUT2D eigenvalue weighted by Gasteiger charge is 2.09. The summed E-state index contributed by atoms with van der Waals surface area (Å²) < 4.78 is 10.6. The Labute approximate surface area is 124 Å². The van der Waals surface area contributed by atoms with E-state index in [1.54, 1.807) is 14.2 Å². The van der Waals surface area contributed by atoms with E-state index in [4.69, 9.17) is 21.1 Å². The van der Waals surface area contributed by atoms with Crippen molar-refractivity contribution in [2.75, 3.05) is 14.2 Å². The number of allylic oxidation sites excluding steroid dienone is 1. The van der Waals surface area contributed by atoms with Gasteiger partial charge in [0.15, 0.2) is 11.5 Å². The van der Waals surface area contributed by atoms with E-state index < -0.39 is 0 Å². The molecule has 2 rings (SSSR count). The van der Waals surface area contributed by atoms with Gasteiger partial charge >= 0.3 is 0 Å². The van der Waals surface area contributed by atoms with Gasteiger partial charge in [-0.25, -0.2) is 0 Å². The molecule has 0 bridgehead atoms. The molecule has 104 valence electrons. The molecule has 2 aromatic carbocycles. The summed E-state index contributed by atoms with van der Waals surface area (Å²) in [5.41, 5.74) is 3.32. The summed E-state index contributed by atoms with van der Waals surface area (Å²) >= 11 is 5.94. The minimum atomic E-state index is 0.721. The second kappa shape index (κ2) is 6.49. The standard InChI is InChI=1S/C17H17ClO2/c1-4-15(12-5-8-14(18)9-6-12)13-7-10-16(19-2)17(11-13)20-3/h4-11H,1-3H3/b15-4-. The van der Waals surface area contributed by atoms with Gasteiger partial charge in [0.25, 0.3) is 0 Å². The zero-order valence-electron chi connectivity index (χ0n) is 11.8. The first kappa shape index (κ1) is 14.5. The molecule has 0 radical (unpaired) electrons. The van der Waals surface area contributed by atoms with Crippen molar-refractivity contribution in [2.45, 2.75) is 6.92 Å². The molecular weight excluding hydrogens is 272 g/mol. The molecule has 0 aromatic heterocycles. The number of methoxy groups -OCH3 is 2. The van der Waals surface area contributed by atoms with E-state index in [0.29, 0.717) is 0 Å². The van der Waals surface area contributed by atoms with Crippen molar-refractivity contribution in [1.29, 1.82) is 0 Å². The zero-order chi connectivity index (χ0) is 14.5. The Morgan fingerprint density at radius 3 is 2.05 bits per heavy atom. The van der Waals surface area contributed by atoms with Crippen molar-refractivity contribution >= 4 is 17.2 Å². The van der Waals surface area contributed by atoms with Crippen molar-refractivity contribution in [3.63, 3.8) is 0 Å². The molecule has 2 aromatic rings. The van der Waals surface area contributed by atoms with Gasteiger partial charge in [0.1, 0.15) is 0 Å². The van der Waals surface area contributed by atoms with Crippen molar-refractivity contribution in [1.82, 2.24) is 0 Å². The van der Waals surface area contributed by atoms with Crippen molar-refractivity contribution < 1.29 is 9.47 Å². The summed E-state index contributed by atoms with van der Waals surface area (Å²) in [5.74, 6) is 1.45. The van der Waals surface area contributed by atoms with E-state index in [0.717, 1.165) is 33.2 Å². The van der Waals surface area contributed by atoms with Crippen LogP contribution in [0, 0.1) is 0 Å². The highest BCUT2D eigenvalue weighted by Crippen LogP contribution is 2.33. The largest absolute Gasteiger partial charge is 0.493 e. The summed E-state index contributed by atoms with van der Waals surface area (Å²) in [6.07, 6.45) is 2.07. The lowest BCUT2D eigenvalue weighted by Crippen LogP contribution is -1.93. The third-order valence-electron chi connectivity index (χ3n) is 3.14. The highest BCUT2D eigenvalue weighted by atomic mass is 35.5. The van der Waals surface area contributed by atoms with Crippen LogP contribution in [-0.4, -0.2) is 14.2 Å². The number of rotatable bonds is 4. The summed E-state index contributed by atoms with van der Waals surface area (Å²) in [6, 6.07) is 13.7. The second-order valence-corrected chi connectivity index (χ2v) is 4.72. The van der Waals surface area contributed by atoms with Gasteiger partial charge < -0.3 is 9.47 Å². The Morgan fingerprint density at radius 2 is 1.50 bits per heavy atom. The second-order valence-electron chi connectivity index (χ2n) is 4.28. The van der Waals surface area contributed by atoms with Gasteiger partial charge in [-0.05, 0) is 47.9 Å². The van der Waals surface area contributed by atoms with Gasteiger partial charge in [0.2, 0.25) is 0 Å². The topological polar surface area (TPSA) is 18.5 Å². The van der Waals surface area contributed by atoms with E-state index >= 15 is 0 Å². The normalized spacial score (nSPS) is 11.3. The van der Waals surface area contributed by atoms with Gasteiger partial charge in [-0.1, -0.05) is 35.9 Å². The smallest absolute Gasteiger partial charge is 0.161 e. The maximum Gasteiger partial charge on any atom is 0.161 e. The van der Waals surface area contributed by atoms with Crippen LogP contribution in [0.1, 0.15) is 18.1 Å². The van der Waals surface area contributed by atoms with Crippen LogP contribution in [-0.2, 0) is 0 Å². The van der Waals surface area contributed by atoms with Crippen LogP contribution in [0.5, 0.6) is 11.5 Å². The fourth-order valence-electron chi connectivity index (χ4n) is 2.13. The first-order chi connectivity index (χ1) is 9.69. The molecule has 0 heterocycles. The maximum atomic E-state index is 5.94. The summed E-state index contributed by atoms with van der Waals surface area (Å²) in [4.78, 5) is 0. The minimum Gasteiger partial charge on any atom is -0.493 e. The van der Waals surface area contributed by atoms with Crippen molar-refractivity contribution in [2.24, 2.45) is 0 Å². The molecular formula is C17H17ClO2.